The summed E-state index contributed by atoms with van der Waals surface area (Å²) in [4.78, 5) is 13.2. The van der Waals surface area contributed by atoms with E-state index < -0.39 is 5.60 Å². The molecule has 2 nitrogen and oxygen atoms in total. The van der Waals surface area contributed by atoms with Gasteiger partial charge >= 0.3 is 0 Å². The predicted molar refractivity (Wildman–Crippen MR) is 100 cm³/mol. The van der Waals surface area contributed by atoms with Gasteiger partial charge in [-0.3, -0.25) is 4.79 Å². The van der Waals surface area contributed by atoms with Gasteiger partial charge in [-0.05, 0) is 63.9 Å². The van der Waals surface area contributed by atoms with Crippen molar-refractivity contribution in [2.24, 2.45) is 0 Å². The van der Waals surface area contributed by atoms with Crippen molar-refractivity contribution in [1.29, 1.82) is 0 Å². The van der Waals surface area contributed by atoms with Crippen LogP contribution in [-0.2, 0) is 5.60 Å². The predicted octanol–water partition coefficient (Wildman–Crippen LogP) is 4.79. The fourth-order valence-corrected chi connectivity index (χ4v) is 3.95. The molecule has 0 amide bonds. The Kier molecular flexibility index (Phi) is 2.75. The molecule has 0 atom stereocenters. The van der Waals surface area contributed by atoms with Crippen molar-refractivity contribution in [3.63, 3.8) is 0 Å². The minimum absolute atomic E-state index is 0.0203. The zero-order valence-corrected chi connectivity index (χ0v) is 13.8. The summed E-state index contributed by atoms with van der Waals surface area (Å²) in [5.41, 5.74) is 1.34. The third-order valence-corrected chi connectivity index (χ3v) is 5.31. The van der Waals surface area contributed by atoms with Crippen molar-refractivity contribution in [3.8, 4) is 0 Å². The number of carbonyl (C=O) groups is 1. The zero-order chi connectivity index (χ0) is 17.2. The molecule has 2 heteroatoms. The first kappa shape index (κ1) is 14.4. The third-order valence-electron chi connectivity index (χ3n) is 5.31. The maximum absolute atomic E-state index is 13.2. The van der Waals surface area contributed by atoms with E-state index in [1.54, 1.807) is 6.92 Å². The second-order valence-electron chi connectivity index (χ2n) is 6.89. The number of rotatable bonds is 0. The fraction of sp³-hybridized carbons (Fsp3) is 0.0870. The van der Waals surface area contributed by atoms with E-state index in [-0.39, 0.29) is 5.78 Å². The van der Waals surface area contributed by atoms with E-state index in [0.717, 1.165) is 21.5 Å². The summed E-state index contributed by atoms with van der Waals surface area (Å²) < 4.78 is 0. The first-order chi connectivity index (χ1) is 12.1. The summed E-state index contributed by atoms with van der Waals surface area (Å²) in [6.07, 6.45) is 0. The average molecular weight is 324 g/mol. The molecular weight excluding hydrogens is 308 g/mol. The molecule has 1 N–H and O–H groups in total. The van der Waals surface area contributed by atoms with Crippen LogP contribution in [0.5, 0.6) is 0 Å². The Bertz CT molecular complexity index is 1090. The molecule has 0 fully saturated rings. The number of hydrogen-bond acceptors (Lipinski definition) is 2. The first-order valence-corrected chi connectivity index (χ1v) is 8.39. The van der Waals surface area contributed by atoms with Crippen molar-refractivity contribution >= 4 is 27.3 Å². The lowest BCUT2D eigenvalue weighted by Crippen LogP contribution is -2.32. The van der Waals surface area contributed by atoms with Crippen molar-refractivity contribution < 1.29 is 9.90 Å². The van der Waals surface area contributed by atoms with Gasteiger partial charge in [-0.2, -0.15) is 0 Å². The molecule has 0 aliphatic heterocycles. The van der Waals surface area contributed by atoms with Gasteiger partial charge in [0.05, 0.1) is 0 Å². The van der Waals surface area contributed by atoms with E-state index >= 15 is 0 Å². The Labute approximate surface area is 145 Å². The minimum atomic E-state index is -1.20. The van der Waals surface area contributed by atoms with Crippen molar-refractivity contribution in [2.75, 3.05) is 0 Å². The zero-order valence-electron chi connectivity index (χ0n) is 13.8. The molecule has 4 aromatic carbocycles. The summed E-state index contributed by atoms with van der Waals surface area (Å²) in [6, 6.07) is 23.5. The number of benzene rings is 4. The summed E-state index contributed by atoms with van der Waals surface area (Å²) >= 11 is 0. The van der Waals surface area contributed by atoms with Crippen molar-refractivity contribution in [1.82, 2.24) is 0 Å². The molecule has 5 rings (SSSR count). The van der Waals surface area contributed by atoms with Crippen molar-refractivity contribution in [2.45, 2.75) is 12.5 Å². The Morgan fingerprint density at radius 2 is 1.04 bits per heavy atom. The summed E-state index contributed by atoms with van der Waals surface area (Å²) in [7, 11) is 0. The van der Waals surface area contributed by atoms with Crippen LogP contribution in [0.2, 0.25) is 0 Å². The van der Waals surface area contributed by atoms with Gasteiger partial charge in [-0.1, -0.05) is 48.5 Å². The SMILES string of the molecule is CC1(O)c2cc3ccccc3cc2C(=O)c2cc3ccccc3cc21. The molecule has 0 bridgehead atoms. The molecule has 4 aromatic rings. The molecule has 1 aliphatic rings. The summed E-state index contributed by atoms with van der Waals surface area (Å²) in [6.45, 7) is 1.78. The highest BCUT2D eigenvalue weighted by Crippen LogP contribution is 2.42. The van der Waals surface area contributed by atoms with Crippen molar-refractivity contribution in [3.05, 3.63) is 95.1 Å². The second kappa shape index (κ2) is 4.78. The quantitative estimate of drug-likeness (QED) is 0.505. The molecular formula is C23H16O2. The van der Waals surface area contributed by atoms with E-state index in [4.69, 9.17) is 0 Å². The average Bonchev–Trinajstić information content (AvgIpc) is 2.64. The largest absolute Gasteiger partial charge is 0.381 e. The minimum Gasteiger partial charge on any atom is -0.381 e. The Morgan fingerprint density at radius 3 is 1.44 bits per heavy atom. The summed E-state index contributed by atoms with van der Waals surface area (Å²) in [5.74, 6) is -0.0203. The Hall–Kier alpha value is -2.97. The lowest BCUT2D eigenvalue weighted by atomic mass is 9.73. The Balaban J connectivity index is 1.88. The molecule has 0 radical (unpaired) electrons. The van der Waals surface area contributed by atoms with E-state index in [1.807, 2.05) is 72.8 Å². The van der Waals surface area contributed by atoms with Gasteiger partial charge in [0.2, 0.25) is 0 Å². The highest BCUT2D eigenvalue weighted by Gasteiger charge is 2.39. The van der Waals surface area contributed by atoms with Crippen LogP contribution in [0.15, 0.2) is 72.8 Å². The molecule has 0 saturated carbocycles. The number of aliphatic hydroxyl groups is 1. The topological polar surface area (TPSA) is 37.3 Å². The number of hydrogen-bond donors (Lipinski definition) is 1. The fourth-order valence-electron chi connectivity index (χ4n) is 3.95. The lowest BCUT2D eigenvalue weighted by Gasteiger charge is -2.33. The first-order valence-electron chi connectivity index (χ1n) is 8.39. The van der Waals surface area contributed by atoms with Crippen LogP contribution < -0.4 is 0 Å². The van der Waals surface area contributed by atoms with Crippen LogP contribution in [0.25, 0.3) is 21.5 Å². The third kappa shape index (κ3) is 1.92. The standard InChI is InChI=1S/C23H16O2/c1-23(25)20-12-16-8-4-2-6-14(16)10-18(20)22(24)19-11-15-7-3-5-9-17(15)13-21(19)23/h2-13,25H,1H3. The van der Waals surface area contributed by atoms with Crippen LogP contribution in [0.4, 0.5) is 0 Å². The van der Waals surface area contributed by atoms with E-state index in [0.29, 0.717) is 22.3 Å². The van der Waals surface area contributed by atoms with Gasteiger partial charge in [-0.25, -0.2) is 0 Å². The number of carbonyl (C=O) groups excluding carboxylic acids is 1. The monoisotopic (exact) mass is 324 g/mol. The van der Waals surface area contributed by atoms with Gasteiger partial charge in [0.15, 0.2) is 5.78 Å². The molecule has 0 aromatic heterocycles. The molecule has 0 unspecified atom stereocenters. The van der Waals surface area contributed by atoms with Gasteiger partial charge in [0.25, 0.3) is 0 Å². The molecule has 0 saturated heterocycles. The molecule has 0 spiro atoms. The second-order valence-corrected chi connectivity index (χ2v) is 6.89. The van der Waals surface area contributed by atoms with Crippen LogP contribution >= 0.6 is 0 Å². The van der Waals surface area contributed by atoms with Crippen LogP contribution in [0, 0.1) is 0 Å². The molecule has 25 heavy (non-hydrogen) atoms. The Morgan fingerprint density at radius 1 is 0.680 bits per heavy atom. The maximum atomic E-state index is 13.2. The molecule has 120 valence electrons. The van der Waals surface area contributed by atoms with E-state index in [2.05, 4.69) is 0 Å². The van der Waals surface area contributed by atoms with Gasteiger partial charge < -0.3 is 5.11 Å². The highest BCUT2D eigenvalue weighted by molar-refractivity contribution is 6.16. The van der Waals surface area contributed by atoms with Crippen LogP contribution in [0.1, 0.15) is 34.0 Å². The van der Waals surface area contributed by atoms with E-state index in [9.17, 15) is 9.90 Å². The smallest absolute Gasteiger partial charge is 0.193 e. The molecule has 1 aliphatic carbocycles. The molecule has 0 heterocycles. The lowest BCUT2D eigenvalue weighted by molar-refractivity contribution is 0.0865. The normalized spacial score (nSPS) is 15.2. The number of fused-ring (bicyclic) bond motifs is 4. The highest BCUT2D eigenvalue weighted by atomic mass is 16.3. The summed E-state index contributed by atoms with van der Waals surface area (Å²) in [5, 5.41) is 15.4. The van der Waals surface area contributed by atoms with Crippen LogP contribution in [-0.4, -0.2) is 10.9 Å². The van der Waals surface area contributed by atoms with Gasteiger partial charge in [-0.15, -0.1) is 0 Å². The van der Waals surface area contributed by atoms with E-state index in [1.165, 1.54) is 0 Å². The van der Waals surface area contributed by atoms with Gasteiger partial charge in [0.1, 0.15) is 5.60 Å². The number of ketones is 1. The maximum Gasteiger partial charge on any atom is 0.193 e. The van der Waals surface area contributed by atoms with Gasteiger partial charge in [0, 0.05) is 11.1 Å². The van der Waals surface area contributed by atoms with Crippen LogP contribution in [0.3, 0.4) is 0 Å².